The minimum atomic E-state index is 0.119. The van der Waals surface area contributed by atoms with Crippen LogP contribution in [0, 0.1) is 6.92 Å². The monoisotopic (exact) mass is 291 g/mol. The third-order valence-electron chi connectivity index (χ3n) is 4.40. The van der Waals surface area contributed by atoms with Gasteiger partial charge in [0.1, 0.15) is 11.9 Å². The van der Waals surface area contributed by atoms with Crippen LogP contribution in [-0.2, 0) is 11.2 Å². The highest BCUT2D eigenvalue weighted by Crippen LogP contribution is 2.30. The maximum absolute atomic E-state index is 8.79. The second-order valence-electron chi connectivity index (χ2n) is 6.15. The standard InChI is InChI=1S/C17H25NO3/c1-13-2-3-17-14(10-13)11-16(21-17)12-18-6-4-15(5-7-18)20-9-8-19/h2-3,10,15-16,19H,4-9,11-12H2,1H3. The van der Waals surface area contributed by atoms with Crippen LogP contribution in [0.2, 0.25) is 0 Å². The maximum Gasteiger partial charge on any atom is 0.123 e. The second-order valence-corrected chi connectivity index (χ2v) is 6.15. The quantitative estimate of drug-likeness (QED) is 0.898. The Hall–Kier alpha value is -1.10. The molecule has 1 atom stereocenters. The summed E-state index contributed by atoms with van der Waals surface area (Å²) in [6, 6.07) is 6.45. The van der Waals surface area contributed by atoms with Crippen LogP contribution in [0.25, 0.3) is 0 Å². The molecule has 0 aliphatic carbocycles. The lowest BCUT2D eigenvalue weighted by Crippen LogP contribution is -2.42. The molecule has 1 aromatic rings. The molecule has 3 rings (SSSR count). The van der Waals surface area contributed by atoms with Gasteiger partial charge in [0.15, 0.2) is 0 Å². The molecule has 0 saturated carbocycles. The molecule has 0 amide bonds. The number of nitrogens with zero attached hydrogens (tertiary/aromatic N) is 1. The molecule has 0 aromatic heterocycles. The fourth-order valence-corrected chi connectivity index (χ4v) is 3.32. The molecule has 0 radical (unpaired) electrons. The first-order chi connectivity index (χ1) is 10.2. The van der Waals surface area contributed by atoms with Crippen LogP contribution in [0.4, 0.5) is 0 Å². The number of hydrogen-bond acceptors (Lipinski definition) is 4. The average molecular weight is 291 g/mol. The third-order valence-corrected chi connectivity index (χ3v) is 4.40. The van der Waals surface area contributed by atoms with Crippen LogP contribution in [-0.4, -0.2) is 55.1 Å². The maximum atomic E-state index is 8.79. The van der Waals surface area contributed by atoms with E-state index in [4.69, 9.17) is 14.6 Å². The van der Waals surface area contributed by atoms with Crippen molar-refractivity contribution in [1.82, 2.24) is 4.90 Å². The molecule has 1 saturated heterocycles. The van der Waals surface area contributed by atoms with Gasteiger partial charge in [-0.1, -0.05) is 17.7 Å². The number of fused-ring (bicyclic) bond motifs is 1. The van der Waals surface area contributed by atoms with E-state index in [9.17, 15) is 0 Å². The third kappa shape index (κ3) is 3.76. The molecule has 1 N–H and O–H groups in total. The Morgan fingerprint density at radius 2 is 2.14 bits per heavy atom. The summed E-state index contributed by atoms with van der Waals surface area (Å²) in [5.41, 5.74) is 2.65. The van der Waals surface area contributed by atoms with E-state index in [0.717, 1.165) is 44.6 Å². The number of aryl methyl sites for hydroxylation is 1. The van der Waals surface area contributed by atoms with Crippen molar-refractivity contribution < 1.29 is 14.6 Å². The summed E-state index contributed by atoms with van der Waals surface area (Å²) in [7, 11) is 0. The second kappa shape index (κ2) is 6.77. The lowest BCUT2D eigenvalue weighted by atomic mass is 10.0. The zero-order valence-electron chi connectivity index (χ0n) is 12.8. The normalized spacial score (nSPS) is 23.0. The summed E-state index contributed by atoms with van der Waals surface area (Å²) in [5.74, 6) is 1.06. The van der Waals surface area contributed by atoms with Gasteiger partial charge in [-0.25, -0.2) is 0 Å². The Balaban J connectivity index is 1.45. The number of ether oxygens (including phenoxy) is 2. The van der Waals surface area contributed by atoms with E-state index in [1.165, 1.54) is 11.1 Å². The molecule has 2 heterocycles. The van der Waals surface area contributed by atoms with Gasteiger partial charge in [-0.15, -0.1) is 0 Å². The molecular formula is C17H25NO3. The van der Waals surface area contributed by atoms with Gasteiger partial charge in [0.05, 0.1) is 19.3 Å². The van der Waals surface area contributed by atoms with Gasteiger partial charge >= 0.3 is 0 Å². The van der Waals surface area contributed by atoms with Crippen molar-refractivity contribution in [2.75, 3.05) is 32.8 Å². The van der Waals surface area contributed by atoms with E-state index in [1.807, 2.05) is 0 Å². The van der Waals surface area contributed by atoms with Crippen LogP contribution in [0.5, 0.6) is 5.75 Å². The molecule has 21 heavy (non-hydrogen) atoms. The molecule has 4 nitrogen and oxygen atoms in total. The van der Waals surface area contributed by atoms with Crippen LogP contribution in [0.15, 0.2) is 18.2 Å². The molecular weight excluding hydrogens is 266 g/mol. The SMILES string of the molecule is Cc1ccc2c(c1)CC(CN1CCC(OCCO)CC1)O2. The first-order valence-corrected chi connectivity index (χ1v) is 7.95. The van der Waals surface area contributed by atoms with Crippen molar-refractivity contribution in [2.24, 2.45) is 0 Å². The fraction of sp³-hybridized carbons (Fsp3) is 0.647. The summed E-state index contributed by atoms with van der Waals surface area (Å²) in [6.07, 6.45) is 3.74. The molecule has 2 aliphatic rings. The van der Waals surface area contributed by atoms with E-state index < -0.39 is 0 Å². The van der Waals surface area contributed by atoms with Gasteiger partial charge in [0.2, 0.25) is 0 Å². The smallest absolute Gasteiger partial charge is 0.123 e. The predicted molar refractivity (Wildman–Crippen MR) is 81.8 cm³/mol. The first kappa shape index (κ1) is 14.8. The van der Waals surface area contributed by atoms with Gasteiger partial charge < -0.3 is 14.6 Å². The van der Waals surface area contributed by atoms with Gasteiger partial charge in [-0.05, 0) is 31.4 Å². The van der Waals surface area contributed by atoms with Crippen molar-refractivity contribution in [3.8, 4) is 5.75 Å². The fourth-order valence-electron chi connectivity index (χ4n) is 3.32. The number of aliphatic hydroxyl groups is 1. The number of rotatable bonds is 5. The van der Waals surface area contributed by atoms with Crippen molar-refractivity contribution in [1.29, 1.82) is 0 Å². The molecule has 4 heteroatoms. The number of aliphatic hydroxyl groups excluding tert-OH is 1. The Labute approximate surface area is 126 Å². The summed E-state index contributed by atoms with van der Waals surface area (Å²) in [4.78, 5) is 2.47. The van der Waals surface area contributed by atoms with E-state index in [0.29, 0.717) is 12.7 Å². The zero-order chi connectivity index (χ0) is 14.7. The highest BCUT2D eigenvalue weighted by atomic mass is 16.5. The molecule has 2 aliphatic heterocycles. The summed E-state index contributed by atoms with van der Waals surface area (Å²) >= 11 is 0. The van der Waals surface area contributed by atoms with E-state index in [-0.39, 0.29) is 12.7 Å². The van der Waals surface area contributed by atoms with Crippen molar-refractivity contribution in [3.63, 3.8) is 0 Å². The van der Waals surface area contributed by atoms with Gasteiger partial charge in [0, 0.05) is 26.1 Å². The summed E-state index contributed by atoms with van der Waals surface area (Å²) < 4.78 is 11.7. The number of piperidine rings is 1. The number of hydrogen-bond donors (Lipinski definition) is 1. The summed E-state index contributed by atoms with van der Waals surface area (Å²) in [5, 5.41) is 8.79. The Morgan fingerprint density at radius 3 is 2.90 bits per heavy atom. The zero-order valence-corrected chi connectivity index (χ0v) is 12.8. The van der Waals surface area contributed by atoms with Gasteiger partial charge in [-0.3, -0.25) is 4.90 Å². The van der Waals surface area contributed by atoms with Crippen LogP contribution in [0.1, 0.15) is 24.0 Å². The van der Waals surface area contributed by atoms with Crippen LogP contribution < -0.4 is 4.74 Å². The van der Waals surface area contributed by atoms with Crippen molar-refractivity contribution in [2.45, 2.75) is 38.4 Å². The largest absolute Gasteiger partial charge is 0.488 e. The molecule has 1 aromatic carbocycles. The number of benzene rings is 1. The molecule has 116 valence electrons. The molecule has 1 fully saturated rings. The molecule has 0 bridgehead atoms. The van der Waals surface area contributed by atoms with Crippen LogP contribution >= 0.6 is 0 Å². The van der Waals surface area contributed by atoms with E-state index >= 15 is 0 Å². The highest BCUT2D eigenvalue weighted by molar-refractivity contribution is 5.40. The minimum Gasteiger partial charge on any atom is -0.488 e. The van der Waals surface area contributed by atoms with E-state index in [1.54, 1.807) is 0 Å². The predicted octanol–water partition coefficient (Wildman–Crippen LogP) is 1.77. The molecule has 1 unspecified atom stereocenters. The first-order valence-electron chi connectivity index (χ1n) is 7.95. The van der Waals surface area contributed by atoms with Crippen molar-refractivity contribution >= 4 is 0 Å². The molecule has 0 spiro atoms. The Bertz CT molecular complexity index is 469. The average Bonchev–Trinajstić information content (AvgIpc) is 2.88. The lowest BCUT2D eigenvalue weighted by Gasteiger charge is -2.33. The number of likely N-dealkylation sites (tertiary alicyclic amines) is 1. The van der Waals surface area contributed by atoms with E-state index in [2.05, 4.69) is 30.0 Å². The lowest BCUT2D eigenvalue weighted by molar-refractivity contribution is -0.0123. The van der Waals surface area contributed by atoms with Crippen molar-refractivity contribution in [3.05, 3.63) is 29.3 Å². The van der Waals surface area contributed by atoms with Gasteiger partial charge in [-0.2, -0.15) is 0 Å². The minimum absolute atomic E-state index is 0.119. The Kier molecular flexibility index (Phi) is 4.78. The topological polar surface area (TPSA) is 41.9 Å². The van der Waals surface area contributed by atoms with Gasteiger partial charge in [0.25, 0.3) is 0 Å². The highest BCUT2D eigenvalue weighted by Gasteiger charge is 2.27. The summed E-state index contributed by atoms with van der Waals surface area (Å²) in [6.45, 7) is 5.83. The van der Waals surface area contributed by atoms with Crippen LogP contribution in [0.3, 0.4) is 0 Å². The Morgan fingerprint density at radius 1 is 1.33 bits per heavy atom.